The van der Waals surface area contributed by atoms with Gasteiger partial charge in [-0.1, -0.05) is 35.6 Å². The largest absolute Gasteiger partial charge is 0.358 e. The average Bonchev–Trinajstić information content (AvgIpc) is 3.03. The van der Waals surface area contributed by atoms with E-state index in [2.05, 4.69) is 25.9 Å². The van der Waals surface area contributed by atoms with Gasteiger partial charge in [-0.15, -0.1) is 0 Å². The number of benzene rings is 2. The first-order valence-electron chi connectivity index (χ1n) is 8.50. The number of thiazole rings is 1. The number of hydrogen-bond donors (Lipinski definition) is 4. The van der Waals surface area contributed by atoms with Crippen LogP contribution < -0.4 is 20.9 Å². The van der Waals surface area contributed by atoms with Crippen molar-refractivity contribution in [1.82, 2.24) is 10.3 Å². The van der Waals surface area contributed by atoms with E-state index in [4.69, 9.17) is 0 Å². The molecule has 0 radical (unpaired) electrons. The van der Waals surface area contributed by atoms with Crippen LogP contribution in [0.15, 0.2) is 48.5 Å². The molecule has 4 N–H and O–H groups in total. The molecule has 0 spiro atoms. The number of fused-ring (bicyclic) bond motifs is 1. The normalized spacial score (nSPS) is 16.6. The number of para-hydroxylation sites is 1. The fraction of sp³-hybridized carbons (Fsp3) is 0.158. The maximum atomic E-state index is 12.6. The predicted octanol–water partition coefficient (Wildman–Crippen LogP) is 0.980. The number of guanidine groups is 1. The van der Waals surface area contributed by atoms with Crippen LogP contribution in [-0.2, 0) is 9.59 Å². The minimum absolute atomic E-state index is 0.0582. The van der Waals surface area contributed by atoms with Crippen molar-refractivity contribution in [2.45, 2.75) is 19.4 Å². The number of aromatic nitrogens is 1. The number of aryl methyl sites for hydroxylation is 1. The molecule has 0 saturated carbocycles. The van der Waals surface area contributed by atoms with Crippen molar-refractivity contribution in [2.75, 3.05) is 10.6 Å². The quantitative estimate of drug-likeness (QED) is 0.545. The Hall–Kier alpha value is -3.26. The monoisotopic (exact) mass is 380 g/mol. The molecule has 1 aromatic heterocycles. The highest BCUT2D eigenvalue weighted by atomic mass is 32.1. The summed E-state index contributed by atoms with van der Waals surface area (Å²) >= 11 is 1.47. The second-order valence-electron chi connectivity index (χ2n) is 6.29. The Balaban J connectivity index is 1.51. The smallest absolute Gasteiger partial charge is 0.323 e. The first kappa shape index (κ1) is 17.2. The molecule has 1 aliphatic rings. The van der Waals surface area contributed by atoms with Crippen LogP contribution in [0.3, 0.4) is 0 Å². The molecule has 2 aromatic carbocycles. The van der Waals surface area contributed by atoms with Crippen molar-refractivity contribution < 1.29 is 14.6 Å². The zero-order chi connectivity index (χ0) is 18.8. The van der Waals surface area contributed by atoms with E-state index < -0.39 is 6.04 Å². The Kier molecular flexibility index (Phi) is 4.55. The molecule has 0 aliphatic carbocycles. The van der Waals surface area contributed by atoms with Crippen molar-refractivity contribution in [3.63, 3.8) is 0 Å². The van der Waals surface area contributed by atoms with E-state index in [0.29, 0.717) is 16.8 Å². The van der Waals surface area contributed by atoms with E-state index in [0.717, 1.165) is 15.8 Å². The lowest BCUT2D eigenvalue weighted by Crippen LogP contribution is -2.89. The van der Waals surface area contributed by atoms with E-state index >= 15 is 0 Å². The second-order valence-corrected chi connectivity index (χ2v) is 7.33. The van der Waals surface area contributed by atoms with Gasteiger partial charge in [0, 0.05) is 5.69 Å². The number of amides is 2. The maximum Gasteiger partial charge on any atom is 0.358 e. The molecule has 1 atom stereocenters. The van der Waals surface area contributed by atoms with Crippen LogP contribution in [0.5, 0.6) is 0 Å². The van der Waals surface area contributed by atoms with Crippen molar-refractivity contribution in [1.29, 1.82) is 0 Å². The van der Waals surface area contributed by atoms with Gasteiger partial charge in [0.25, 0.3) is 16.9 Å². The number of nitrogens with one attached hydrogen (secondary N) is 4. The van der Waals surface area contributed by atoms with Crippen LogP contribution in [0, 0.1) is 6.92 Å². The third-order valence-electron chi connectivity index (χ3n) is 4.10. The van der Waals surface area contributed by atoms with Gasteiger partial charge in [0.05, 0.1) is 16.6 Å². The fourth-order valence-electron chi connectivity index (χ4n) is 2.85. The second kappa shape index (κ2) is 7.16. The number of nitrogens with zero attached hydrogens (tertiary/aromatic N) is 1. The fourth-order valence-corrected chi connectivity index (χ4v) is 3.72. The molecular weight excluding hydrogens is 362 g/mol. The summed E-state index contributed by atoms with van der Waals surface area (Å²) in [4.78, 5) is 32.1. The van der Waals surface area contributed by atoms with Gasteiger partial charge in [0.2, 0.25) is 0 Å². The van der Waals surface area contributed by atoms with Crippen LogP contribution in [0.2, 0.25) is 0 Å². The molecule has 0 unspecified atom stereocenters. The lowest BCUT2D eigenvalue weighted by atomic mass is 10.1. The standard InChI is InChI=1S/C19H17N5O2S/c1-11-5-4-6-12(9-11)20-17(26)14-10-16(25)23-18(21-14)24-19-22-13-7-2-3-8-15(13)27-19/h2-9,14H,10H2,1H3,(H,20,26)(H2,21,22,23,24,25)/p+1/t14-/m1/s1. The highest BCUT2D eigenvalue weighted by Crippen LogP contribution is 2.25. The summed E-state index contributed by atoms with van der Waals surface area (Å²) in [5, 5.41) is 9.25. The molecule has 0 bridgehead atoms. The van der Waals surface area contributed by atoms with Gasteiger partial charge >= 0.3 is 5.96 Å². The molecule has 27 heavy (non-hydrogen) atoms. The molecule has 136 valence electrons. The van der Waals surface area contributed by atoms with Gasteiger partial charge in [-0.25, -0.2) is 15.6 Å². The molecule has 0 fully saturated rings. The Labute approximate surface area is 159 Å². The summed E-state index contributed by atoms with van der Waals surface area (Å²) in [6, 6.07) is 14.6. The van der Waals surface area contributed by atoms with E-state index in [1.54, 1.807) is 0 Å². The molecule has 7 nitrogen and oxygen atoms in total. The highest BCUT2D eigenvalue weighted by molar-refractivity contribution is 7.22. The summed E-state index contributed by atoms with van der Waals surface area (Å²) in [5.41, 5.74) is 2.63. The maximum absolute atomic E-state index is 12.6. The summed E-state index contributed by atoms with van der Waals surface area (Å²) in [7, 11) is 0. The van der Waals surface area contributed by atoms with Gasteiger partial charge in [-0.3, -0.25) is 14.6 Å². The van der Waals surface area contributed by atoms with Crippen molar-refractivity contribution in [2.24, 2.45) is 0 Å². The zero-order valence-corrected chi connectivity index (χ0v) is 15.4. The topological polar surface area (TPSA) is 97.1 Å². The summed E-state index contributed by atoms with van der Waals surface area (Å²) in [6.45, 7) is 1.95. The summed E-state index contributed by atoms with van der Waals surface area (Å²) < 4.78 is 1.04. The van der Waals surface area contributed by atoms with Gasteiger partial charge in [0.1, 0.15) is 0 Å². The average molecular weight is 380 g/mol. The third kappa shape index (κ3) is 3.95. The van der Waals surface area contributed by atoms with E-state index in [1.165, 1.54) is 11.3 Å². The van der Waals surface area contributed by atoms with Crippen LogP contribution in [0.25, 0.3) is 10.2 Å². The molecule has 1 aliphatic heterocycles. The Bertz CT molecular complexity index is 1030. The number of carbonyl (C=O) groups is 2. The molecule has 2 amide bonds. The minimum Gasteiger partial charge on any atom is -0.323 e. The van der Waals surface area contributed by atoms with Crippen LogP contribution >= 0.6 is 11.3 Å². The molecule has 2 heterocycles. The Morgan fingerprint density at radius 1 is 1.26 bits per heavy atom. The SMILES string of the molecule is Cc1cccc(NC(=O)[C@H]2CC(=O)NC(Nc3nc4ccccc4s3)=[NH+]2)c1. The van der Waals surface area contributed by atoms with Crippen LogP contribution in [-0.4, -0.2) is 28.8 Å². The predicted molar refractivity (Wildman–Crippen MR) is 106 cm³/mol. The molecule has 4 rings (SSSR count). The lowest BCUT2D eigenvalue weighted by molar-refractivity contribution is -0.490. The molecule has 3 aromatic rings. The van der Waals surface area contributed by atoms with Gasteiger partial charge in [-0.2, -0.15) is 0 Å². The molecule has 8 heteroatoms. The van der Waals surface area contributed by atoms with Gasteiger partial charge in [0.15, 0.2) is 6.04 Å². The number of anilines is 2. The van der Waals surface area contributed by atoms with E-state index in [1.807, 2.05) is 55.5 Å². The zero-order valence-electron chi connectivity index (χ0n) is 14.6. The van der Waals surface area contributed by atoms with E-state index in [-0.39, 0.29) is 18.2 Å². The Morgan fingerprint density at radius 2 is 2.11 bits per heavy atom. The molecule has 0 saturated heterocycles. The van der Waals surface area contributed by atoms with Crippen LogP contribution in [0.4, 0.5) is 10.8 Å². The highest BCUT2D eigenvalue weighted by Gasteiger charge is 2.31. The first-order valence-corrected chi connectivity index (χ1v) is 9.32. The van der Waals surface area contributed by atoms with Crippen molar-refractivity contribution >= 4 is 50.1 Å². The van der Waals surface area contributed by atoms with Gasteiger partial charge < -0.3 is 5.32 Å². The van der Waals surface area contributed by atoms with Gasteiger partial charge in [-0.05, 0) is 36.8 Å². The van der Waals surface area contributed by atoms with Crippen molar-refractivity contribution in [3.05, 3.63) is 54.1 Å². The van der Waals surface area contributed by atoms with Crippen LogP contribution in [0.1, 0.15) is 12.0 Å². The third-order valence-corrected chi connectivity index (χ3v) is 5.05. The van der Waals surface area contributed by atoms with Crippen molar-refractivity contribution in [3.8, 4) is 0 Å². The summed E-state index contributed by atoms with van der Waals surface area (Å²) in [5.74, 6) is -0.143. The number of carbonyl (C=O) groups excluding carboxylic acids is 2. The Morgan fingerprint density at radius 3 is 2.93 bits per heavy atom. The first-order chi connectivity index (χ1) is 13.1. The minimum atomic E-state index is -0.670. The number of rotatable bonds is 3. The summed E-state index contributed by atoms with van der Waals surface area (Å²) in [6.07, 6.45) is 0.0582. The number of hydrogen-bond acceptors (Lipinski definition) is 5. The lowest BCUT2D eigenvalue weighted by Gasteiger charge is -2.16. The van der Waals surface area contributed by atoms with E-state index in [9.17, 15) is 9.59 Å². The molecular formula is C19H18N5O2S+.